The lowest BCUT2D eigenvalue weighted by molar-refractivity contribution is 0.0358. The molecule has 0 radical (unpaired) electrons. The summed E-state index contributed by atoms with van der Waals surface area (Å²) in [5.74, 6) is 1.57. The zero-order valence-electron chi connectivity index (χ0n) is 29.4. The molecule has 3 aliphatic heterocycles. The third-order valence-electron chi connectivity index (χ3n) is 10.7. The van der Waals surface area contributed by atoms with E-state index in [2.05, 4.69) is 27.3 Å². The number of nitrogens with zero attached hydrogens (tertiary/aromatic N) is 2. The maximum Gasteiger partial charge on any atom is 0.412 e. The van der Waals surface area contributed by atoms with Crippen LogP contribution in [-0.4, -0.2) is 70.6 Å². The van der Waals surface area contributed by atoms with Gasteiger partial charge in [0.25, 0.3) is 0 Å². The molecule has 4 heterocycles. The summed E-state index contributed by atoms with van der Waals surface area (Å²) < 4.78 is 6.09. The summed E-state index contributed by atoms with van der Waals surface area (Å²) in [6.07, 6.45) is 8.35. The fourth-order valence-electron chi connectivity index (χ4n) is 8.02. The van der Waals surface area contributed by atoms with Gasteiger partial charge in [0, 0.05) is 30.2 Å². The zero-order chi connectivity index (χ0) is 35.6. The monoisotopic (exact) mass is 696 g/mol. The quantitative estimate of drug-likeness (QED) is 0.0687. The van der Waals surface area contributed by atoms with E-state index >= 15 is 0 Å². The number of fused-ring (bicyclic) bond motifs is 4. The SMILES string of the molecule is O=C(O)N(c1ccccc1)[C@@H](c1ccc(OCCCCCCCCCNC[C@H](O)c2ccc(O)c3[nH]c(=O)ccc23)cc1)C1CN2CCC1CC2. The van der Waals surface area contributed by atoms with Gasteiger partial charge in [0.1, 0.15) is 11.5 Å². The first-order valence-corrected chi connectivity index (χ1v) is 18.6. The third kappa shape index (κ3) is 9.30. The lowest BCUT2D eigenvalue weighted by Gasteiger charge is -2.49. The summed E-state index contributed by atoms with van der Waals surface area (Å²) in [6, 6.07) is 23.6. The molecule has 3 saturated heterocycles. The molecule has 0 saturated carbocycles. The number of amides is 1. The number of anilines is 1. The van der Waals surface area contributed by atoms with E-state index in [9.17, 15) is 24.9 Å². The van der Waals surface area contributed by atoms with Gasteiger partial charge in [0.15, 0.2) is 0 Å². The van der Waals surface area contributed by atoms with Gasteiger partial charge in [-0.1, -0.05) is 68.5 Å². The number of ether oxygens (including phenoxy) is 1. The van der Waals surface area contributed by atoms with Gasteiger partial charge in [-0.05, 0) is 105 Å². The maximum absolute atomic E-state index is 12.7. The largest absolute Gasteiger partial charge is 0.506 e. The number of unbranched alkanes of at least 4 members (excludes halogenated alkanes) is 6. The van der Waals surface area contributed by atoms with Crippen LogP contribution in [0.4, 0.5) is 10.5 Å². The van der Waals surface area contributed by atoms with Crippen molar-refractivity contribution < 1.29 is 24.9 Å². The Morgan fingerprint density at radius 1 is 0.902 bits per heavy atom. The van der Waals surface area contributed by atoms with Crippen LogP contribution in [0.5, 0.6) is 11.5 Å². The van der Waals surface area contributed by atoms with Crippen molar-refractivity contribution in [3.8, 4) is 11.5 Å². The molecule has 10 heteroatoms. The fraction of sp³-hybridized carbons (Fsp3) is 0.463. The first-order valence-electron chi connectivity index (χ1n) is 18.6. The second-order valence-corrected chi connectivity index (χ2v) is 14.1. The van der Waals surface area contributed by atoms with Crippen LogP contribution in [0, 0.1) is 11.8 Å². The number of rotatable bonds is 18. The second-order valence-electron chi connectivity index (χ2n) is 14.1. The molecule has 10 nitrogen and oxygen atoms in total. The number of pyridine rings is 1. The van der Waals surface area contributed by atoms with Gasteiger partial charge in [-0.2, -0.15) is 0 Å². The normalized spacial score (nSPS) is 19.5. The van der Waals surface area contributed by atoms with E-state index in [1.807, 2.05) is 42.5 Å². The highest BCUT2D eigenvalue weighted by Crippen LogP contribution is 2.44. The van der Waals surface area contributed by atoms with E-state index in [0.717, 1.165) is 82.4 Å². The van der Waals surface area contributed by atoms with Gasteiger partial charge < -0.3 is 35.3 Å². The van der Waals surface area contributed by atoms with Gasteiger partial charge in [-0.25, -0.2) is 4.79 Å². The number of carbonyl (C=O) groups is 1. The highest BCUT2D eigenvalue weighted by Gasteiger charge is 2.43. The Morgan fingerprint density at radius 2 is 1.61 bits per heavy atom. The van der Waals surface area contributed by atoms with Crippen molar-refractivity contribution in [2.24, 2.45) is 11.8 Å². The van der Waals surface area contributed by atoms with Crippen LogP contribution >= 0.6 is 0 Å². The van der Waals surface area contributed by atoms with Gasteiger partial charge in [-0.3, -0.25) is 9.69 Å². The number of piperidine rings is 3. The number of aromatic amines is 1. The molecule has 1 aromatic heterocycles. The van der Waals surface area contributed by atoms with Crippen LogP contribution in [0.3, 0.4) is 0 Å². The number of hydrogen-bond donors (Lipinski definition) is 5. The van der Waals surface area contributed by atoms with Crippen molar-refractivity contribution >= 4 is 22.7 Å². The van der Waals surface area contributed by atoms with Gasteiger partial charge >= 0.3 is 6.09 Å². The van der Waals surface area contributed by atoms with Crippen molar-refractivity contribution in [1.82, 2.24) is 15.2 Å². The Kier molecular flexibility index (Phi) is 12.6. The molecule has 7 rings (SSSR count). The Labute approximate surface area is 300 Å². The van der Waals surface area contributed by atoms with Crippen molar-refractivity contribution in [2.45, 2.75) is 69.9 Å². The van der Waals surface area contributed by atoms with Crippen molar-refractivity contribution in [2.75, 3.05) is 44.2 Å². The molecule has 4 aromatic rings. The van der Waals surface area contributed by atoms with Crippen molar-refractivity contribution in [1.29, 1.82) is 0 Å². The smallest absolute Gasteiger partial charge is 0.412 e. The van der Waals surface area contributed by atoms with E-state index in [1.54, 1.807) is 17.0 Å². The average Bonchev–Trinajstić information content (AvgIpc) is 3.15. The van der Waals surface area contributed by atoms with Crippen LogP contribution in [0.1, 0.15) is 81.1 Å². The van der Waals surface area contributed by atoms with E-state index in [1.165, 1.54) is 25.0 Å². The first kappa shape index (κ1) is 36.4. The number of aromatic hydroxyl groups is 1. The Balaban J connectivity index is 0.883. The van der Waals surface area contributed by atoms with Crippen molar-refractivity contribution in [3.05, 3.63) is 100 Å². The standard InChI is InChI=1S/C41H52N4O6/c46-36-19-17-33(34-18-20-38(48)43-39(34)36)37(47)27-42-23-9-4-2-1-3-5-10-26-51-32-15-13-30(14-16-32)40(35-28-44-24-21-29(35)22-25-44)45(41(49)50)31-11-7-6-8-12-31/h6-8,11-20,29,35,37,40,42,46-47H,1-5,9-10,21-28H2,(H,43,48)(H,49,50)/t35?,37-,40-/m0/s1. The minimum atomic E-state index is -0.920. The summed E-state index contributed by atoms with van der Waals surface area (Å²) in [6.45, 7) is 5.02. The molecule has 51 heavy (non-hydrogen) atoms. The van der Waals surface area contributed by atoms with Gasteiger partial charge in [0.2, 0.25) is 5.56 Å². The van der Waals surface area contributed by atoms with E-state index in [4.69, 9.17) is 4.74 Å². The molecule has 1 amide bonds. The molecular weight excluding hydrogens is 644 g/mol. The zero-order valence-corrected chi connectivity index (χ0v) is 29.4. The number of aliphatic hydroxyl groups is 1. The van der Waals surface area contributed by atoms with E-state index in [0.29, 0.717) is 41.2 Å². The lowest BCUT2D eigenvalue weighted by Crippen LogP contribution is -2.53. The minimum Gasteiger partial charge on any atom is -0.506 e. The minimum absolute atomic E-state index is 0.0102. The maximum atomic E-state index is 12.7. The number of nitrogens with one attached hydrogen (secondary N) is 2. The summed E-state index contributed by atoms with van der Waals surface area (Å²) >= 11 is 0. The predicted molar refractivity (Wildman–Crippen MR) is 201 cm³/mol. The number of phenolic OH excluding ortho intramolecular Hbond substituents is 1. The number of phenols is 1. The number of aliphatic hydroxyl groups excluding tert-OH is 1. The van der Waals surface area contributed by atoms with Crippen LogP contribution in [0.15, 0.2) is 83.7 Å². The summed E-state index contributed by atoms with van der Waals surface area (Å²) in [5, 5.41) is 35.2. The molecule has 272 valence electrons. The molecule has 0 spiro atoms. The predicted octanol–water partition coefficient (Wildman–Crippen LogP) is 7.23. The highest BCUT2D eigenvalue weighted by atomic mass is 16.5. The number of benzene rings is 3. The lowest BCUT2D eigenvalue weighted by atomic mass is 9.73. The molecule has 2 bridgehead atoms. The molecule has 0 aliphatic carbocycles. The fourth-order valence-corrected chi connectivity index (χ4v) is 8.02. The first-order chi connectivity index (χ1) is 24.9. The summed E-state index contributed by atoms with van der Waals surface area (Å²) in [4.78, 5) is 31.1. The van der Waals surface area contributed by atoms with Gasteiger partial charge in [-0.15, -0.1) is 0 Å². The molecule has 5 N–H and O–H groups in total. The van der Waals surface area contributed by atoms with Crippen molar-refractivity contribution in [3.63, 3.8) is 0 Å². The number of hydrogen-bond acceptors (Lipinski definition) is 7. The molecule has 3 aromatic carbocycles. The molecule has 3 aliphatic rings. The third-order valence-corrected chi connectivity index (χ3v) is 10.7. The summed E-state index contributed by atoms with van der Waals surface area (Å²) in [7, 11) is 0. The van der Waals surface area contributed by atoms with Crippen LogP contribution in [0.25, 0.3) is 10.9 Å². The Hall–Kier alpha value is -4.38. The highest BCUT2D eigenvalue weighted by molar-refractivity contribution is 5.88. The Morgan fingerprint density at radius 3 is 2.29 bits per heavy atom. The number of carboxylic acid groups (broad SMARTS) is 1. The molecule has 3 atom stereocenters. The molecule has 1 unspecified atom stereocenters. The van der Waals surface area contributed by atoms with Crippen LogP contribution in [0.2, 0.25) is 0 Å². The average molecular weight is 697 g/mol. The molecular formula is C41H52N4O6. The van der Waals surface area contributed by atoms with E-state index in [-0.39, 0.29) is 23.3 Å². The number of aromatic nitrogens is 1. The Bertz CT molecular complexity index is 1760. The second kappa shape index (κ2) is 17.7. The molecule has 3 fully saturated rings. The van der Waals surface area contributed by atoms with Crippen LogP contribution in [-0.2, 0) is 0 Å². The summed E-state index contributed by atoms with van der Waals surface area (Å²) in [5.41, 5.74) is 2.45. The van der Waals surface area contributed by atoms with E-state index < -0.39 is 12.2 Å². The van der Waals surface area contributed by atoms with Gasteiger partial charge in [0.05, 0.1) is 24.3 Å². The van der Waals surface area contributed by atoms with Crippen LogP contribution < -0.4 is 20.5 Å². The number of para-hydroxylation sites is 1. The number of H-pyrrole nitrogens is 1. The topological polar surface area (TPSA) is 138 Å².